The minimum absolute atomic E-state index is 0.106. The minimum Gasteiger partial charge on any atom is -0.368 e. The maximum atomic E-state index is 13.0. The van der Waals surface area contributed by atoms with Gasteiger partial charge in [0.1, 0.15) is 6.04 Å². The Labute approximate surface area is 135 Å². The van der Waals surface area contributed by atoms with Crippen LogP contribution in [0.1, 0.15) is 37.7 Å². The van der Waals surface area contributed by atoms with Crippen molar-refractivity contribution in [2.45, 2.75) is 49.1 Å². The number of sulfonamides is 1. The molecule has 7 heteroatoms. The average molecular weight is 333 g/mol. The fourth-order valence-electron chi connectivity index (χ4n) is 3.83. The Kier molecular flexibility index (Phi) is 4.13. The lowest BCUT2D eigenvalue weighted by Gasteiger charge is -2.32. The van der Waals surface area contributed by atoms with Crippen LogP contribution in [-0.2, 0) is 14.8 Å². The van der Waals surface area contributed by atoms with Crippen LogP contribution in [0.15, 0.2) is 29.2 Å². The zero-order valence-corrected chi connectivity index (χ0v) is 13.5. The van der Waals surface area contributed by atoms with Crippen molar-refractivity contribution in [3.05, 3.63) is 29.8 Å². The maximum absolute atomic E-state index is 13.0. The second-order valence-corrected chi connectivity index (χ2v) is 8.08. The molecule has 2 N–H and O–H groups in total. The lowest BCUT2D eigenvalue weighted by Crippen LogP contribution is -2.48. The Morgan fingerprint density at radius 1 is 1.22 bits per heavy atom. The predicted molar refractivity (Wildman–Crippen MR) is 83.5 cm³/mol. The van der Waals surface area contributed by atoms with Gasteiger partial charge in [0.25, 0.3) is 0 Å². The van der Waals surface area contributed by atoms with Crippen molar-refractivity contribution in [3.8, 4) is 6.07 Å². The number of nitriles is 1. The Balaban J connectivity index is 2.01. The molecule has 6 nitrogen and oxygen atoms in total. The van der Waals surface area contributed by atoms with Gasteiger partial charge in [-0.25, -0.2) is 8.42 Å². The third kappa shape index (κ3) is 2.73. The molecule has 1 saturated carbocycles. The molecule has 3 atom stereocenters. The average Bonchev–Trinajstić information content (AvgIpc) is 2.95. The second kappa shape index (κ2) is 5.95. The summed E-state index contributed by atoms with van der Waals surface area (Å²) in [5.74, 6) is -0.383. The van der Waals surface area contributed by atoms with Gasteiger partial charge in [-0.15, -0.1) is 0 Å². The van der Waals surface area contributed by atoms with Crippen LogP contribution in [0.4, 0.5) is 0 Å². The van der Waals surface area contributed by atoms with E-state index in [4.69, 9.17) is 11.0 Å². The number of primary amides is 1. The molecule has 3 rings (SSSR count). The number of carbonyl (C=O) groups excluding carboxylic acids is 1. The van der Waals surface area contributed by atoms with Crippen LogP contribution in [0.25, 0.3) is 0 Å². The molecule has 0 unspecified atom stereocenters. The molecule has 122 valence electrons. The number of carbonyl (C=O) groups is 1. The summed E-state index contributed by atoms with van der Waals surface area (Å²) in [6.07, 6.45) is 4.25. The molecule has 1 amide bonds. The van der Waals surface area contributed by atoms with Crippen LogP contribution in [0.2, 0.25) is 0 Å². The maximum Gasteiger partial charge on any atom is 0.244 e. The zero-order chi connectivity index (χ0) is 16.6. The fraction of sp³-hybridized carbons (Fsp3) is 0.500. The highest BCUT2D eigenvalue weighted by molar-refractivity contribution is 7.89. The first-order valence-corrected chi connectivity index (χ1v) is 9.22. The molecule has 1 saturated heterocycles. The van der Waals surface area contributed by atoms with Crippen LogP contribution in [0, 0.1) is 17.2 Å². The van der Waals surface area contributed by atoms with Crippen LogP contribution < -0.4 is 5.73 Å². The van der Waals surface area contributed by atoms with E-state index in [1.54, 1.807) is 0 Å². The quantitative estimate of drug-likeness (QED) is 0.901. The molecule has 0 bridgehead atoms. The highest BCUT2D eigenvalue weighted by Crippen LogP contribution is 2.42. The summed E-state index contributed by atoms with van der Waals surface area (Å²) in [7, 11) is -3.81. The molecular formula is C16H19N3O3S. The van der Waals surface area contributed by atoms with Crippen molar-refractivity contribution in [1.82, 2.24) is 4.31 Å². The number of nitrogens with two attached hydrogens (primary N) is 1. The first kappa shape index (κ1) is 16.0. The minimum atomic E-state index is -3.81. The van der Waals surface area contributed by atoms with Crippen molar-refractivity contribution < 1.29 is 13.2 Å². The topological polar surface area (TPSA) is 104 Å². The third-order valence-electron chi connectivity index (χ3n) is 4.92. The number of amides is 1. The summed E-state index contributed by atoms with van der Waals surface area (Å²) in [5, 5.41) is 8.84. The molecule has 2 aliphatic rings. The highest BCUT2D eigenvalue weighted by atomic mass is 32.2. The van der Waals surface area contributed by atoms with Gasteiger partial charge in [-0.3, -0.25) is 4.79 Å². The van der Waals surface area contributed by atoms with Gasteiger partial charge in [0.15, 0.2) is 0 Å². The largest absolute Gasteiger partial charge is 0.368 e. The summed E-state index contributed by atoms with van der Waals surface area (Å²) in [4.78, 5) is 11.9. The van der Waals surface area contributed by atoms with E-state index in [1.165, 1.54) is 28.6 Å². The van der Waals surface area contributed by atoms with E-state index >= 15 is 0 Å². The molecule has 23 heavy (non-hydrogen) atoms. The van der Waals surface area contributed by atoms with Gasteiger partial charge >= 0.3 is 0 Å². The summed E-state index contributed by atoms with van der Waals surface area (Å²) in [5.41, 5.74) is 5.87. The van der Waals surface area contributed by atoms with E-state index in [0.29, 0.717) is 12.0 Å². The lowest BCUT2D eigenvalue weighted by atomic mass is 9.85. The molecule has 0 aromatic heterocycles. The van der Waals surface area contributed by atoms with Crippen molar-refractivity contribution >= 4 is 15.9 Å². The van der Waals surface area contributed by atoms with Crippen LogP contribution in [-0.4, -0.2) is 30.7 Å². The van der Waals surface area contributed by atoms with Crippen molar-refractivity contribution in [2.24, 2.45) is 11.7 Å². The number of nitrogens with zero attached hydrogens (tertiary/aromatic N) is 2. The van der Waals surface area contributed by atoms with E-state index in [0.717, 1.165) is 25.7 Å². The number of fused-ring (bicyclic) bond motifs is 1. The second-order valence-electron chi connectivity index (χ2n) is 6.24. The van der Waals surface area contributed by atoms with Crippen molar-refractivity contribution in [3.63, 3.8) is 0 Å². The first-order valence-electron chi connectivity index (χ1n) is 7.78. The van der Waals surface area contributed by atoms with E-state index < -0.39 is 22.0 Å². The highest BCUT2D eigenvalue weighted by Gasteiger charge is 2.50. The normalized spacial score (nSPS) is 28.0. The number of rotatable bonds is 3. The standard InChI is InChI=1S/C16H19N3O3S/c17-10-11-5-7-13(8-6-11)23(21,22)19-14-4-2-1-3-12(14)9-15(19)16(18)20/h5-8,12,14-15H,1-4,9H2,(H2,18,20)/t12-,14-,15+/m1/s1. The summed E-state index contributed by atoms with van der Waals surface area (Å²) in [6.45, 7) is 0. The molecule has 1 aromatic rings. The van der Waals surface area contributed by atoms with Gasteiger partial charge in [0, 0.05) is 6.04 Å². The molecule has 1 heterocycles. The summed E-state index contributed by atoms with van der Waals surface area (Å²) < 4.78 is 27.4. The molecule has 0 radical (unpaired) electrons. The fourth-order valence-corrected chi connectivity index (χ4v) is 5.71. The molecule has 1 aromatic carbocycles. The Morgan fingerprint density at radius 3 is 2.48 bits per heavy atom. The van der Waals surface area contributed by atoms with Crippen LogP contribution >= 0.6 is 0 Å². The van der Waals surface area contributed by atoms with Crippen LogP contribution in [0.3, 0.4) is 0 Å². The van der Waals surface area contributed by atoms with Gasteiger partial charge in [0.05, 0.1) is 16.5 Å². The van der Waals surface area contributed by atoms with Gasteiger partial charge < -0.3 is 5.73 Å². The van der Waals surface area contributed by atoms with E-state index in [9.17, 15) is 13.2 Å². The van der Waals surface area contributed by atoms with Gasteiger partial charge in [-0.05, 0) is 49.4 Å². The monoisotopic (exact) mass is 333 g/mol. The molecule has 1 aliphatic carbocycles. The number of hydrogen-bond acceptors (Lipinski definition) is 4. The summed E-state index contributed by atoms with van der Waals surface area (Å²) in [6, 6.07) is 6.82. The molecule has 1 aliphatic heterocycles. The first-order chi connectivity index (χ1) is 10.9. The number of benzene rings is 1. The van der Waals surface area contributed by atoms with E-state index in [-0.39, 0.29) is 16.9 Å². The summed E-state index contributed by atoms with van der Waals surface area (Å²) >= 11 is 0. The molecule has 2 fully saturated rings. The predicted octanol–water partition coefficient (Wildman–Crippen LogP) is 1.37. The Morgan fingerprint density at radius 2 is 1.87 bits per heavy atom. The van der Waals surface area contributed by atoms with Gasteiger partial charge in [0.2, 0.25) is 15.9 Å². The molecular weight excluding hydrogens is 314 g/mol. The van der Waals surface area contributed by atoms with Gasteiger partial charge in [-0.2, -0.15) is 9.57 Å². The van der Waals surface area contributed by atoms with E-state index in [1.807, 2.05) is 6.07 Å². The molecule has 0 spiro atoms. The van der Waals surface area contributed by atoms with Gasteiger partial charge in [-0.1, -0.05) is 12.8 Å². The zero-order valence-electron chi connectivity index (χ0n) is 12.7. The van der Waals surface area contributed by atoms with Crippen molar-refractivity contribution in [2.75, 3.05) is 0 Å². The van der Waals surface area contributed by atoms with Crippen LogP contribution in [0.5, 0.6) is 0 Å². The third-order valence-corrected chi connectivity index (χ3v) is 6.86. The number of hydrogen-bond donors (Lipinski definition) is 1. The SMILES string of the molecule is N#Cc1ccc(S(=O)(=O)N2[C@@H]3CCCC[C@@H]3C[C@H]2C(N)=O)cc1. The van der Waals surface area contributed by atoms with E-state index in [2.05, 4.69) is 0 Å². The van der Waals surface area contributed by atoms with Crippen molar-refractivity contribution in [1.29, 1.82) is 5.26 Å². The Bertz CT molecular complexity index is 752. The Hall–Kier alpha value is -1.91. The smallest absolute Gasteiger partial charge is 0.244 e. The lowest BCUT2D eigenvalue weighted by molar-refractivity contribution is -0.121.